The third kappa shape index (κ3) is 3.44. The maximum atomic E-state index is 13.8. The SMILES string of the molecule is CNc1ncc(F)c(NC(C(=O)OC)c2ccccc2)n1. The van der Waals surface area contributed by atoms with Crippen molar-refractivity contribution in [2.75, 3.05) is 24.8 Å². The summed E-state index contributed by atoms with van der Waals surface area (Å²) in [7, 11) is 2.89. The van der Waals surface area contributed by atoms with Crippen molar-refractivity contribution in [3.8, 4) is 0 Å². The lowest BCUT2D eigenvalue weighted by molar-refractivity contribution is -0.141. The average Bonchev–Trinajstić information content (AvgIpc) is 2.54. The van der Waals surface area contributed by atoms with E-state index < -0.39 is 17.8 Å². The Balaban J connectivity index is 2.34. The van der Waals surface area contributed by atoms with E-state index >= 15 is 0 Å². The first-order chi connectivity index (χ1) is 10.2. The van der Waals surface area contributed by atoms with Crippen LogP contribution in [0.5, 0.6) is 0 Å². The van der Waals surface area contributed by atoms with Crippen molar-refractivity contribution in [1.29, 1.82) is 0 Å². The summed E-state index contributed by atoms with van der Waals surface area (Å²) in [6.45, 7) is 0. The summed E-state index contributed by atoms with van der Waals surface area (Å²) >= 11 is 0. The minimum Gasteiger partial charge on any atom is -0.467 e. The first-order valence-corrected chi connectivity index (χ1v) is 6.25. The van der Waals surface area contributed by atoms with E-state index in [4.69, 9.17) is 4.74 Å². The Bertz CT molecular complexity index is 622. The summed E-state index contributed by atoms with van der Waals surface area (Å²) in [5.74, 6) is -1.02. The number of halogens is 1. The van der Waals surface area contributed by atoms with Crippen LogP contribution in [0.4, 0.5) is 16.2 Å². The molecule has 0 aliphatic carbocycles. The molecular weight excluding hydrogens is 275 g/mol. The Morgan fingerprint density at radius 1 is 1.33 bits per heavy atom. The van der Waals surface area contributed by atoms with E-state index in [1.54, 1.807) is 31.3 Å². The van der Waals surface area contributed by atoms with Gasteiger partial charge in [-0.3, -0.25) is 0 Å². The van der Waals surface area contributed by atoms with E-state index in [1.165, 1.54) is 7.11 Å². The van der Waals surface area contributed by atoms with Crippen molar-refractivity contribution in [1.82, 2.24) is 9.97 Å². The number of esters is 1. The summed E-state index contributed by atoms with van der Waals surface area (Å²) < 4.78 is 18.5. The molecule has 110 valence electrons. The van der Waals surface area contributed by atoms with Crippen LogP contribution in [0, 0.1) is 5.82 Å². The lowest BCUT2D eigenvalue weighted by Crippen LogP contribution is -2.23. The minimum atomic E-state index is -0.856. The average molecular weight is 290 g/mol. The van der Waals surface area contributed by atoms with E-state index in [0.29, 0.717) is 5.56 Å². The molecule has 0 aliphatic rings. The van der Waals surface area contributed by atoms with E-state index in [2.05, 4.69) is 20.6 Å². The van der Waals surface area contributed by atoms with Gasteiger partial charge in [-0.2, -0.15) is 4.98 Å². The summed E-state index contributed by atoms with van der Waals surface area (Å²) in [5.41, 5.74) is 0.647. The van der Waals surface area contributed by atoms with Crippen molar-refractivity contribution in [2.24, 2.45) is 0 Å². The lowest BCUT2D eigenvalue weighted by atomic mass is 10.1. The predicted octanol–water partition coefficient (Wildman–Crippen LogP) is 1.98. The molecule has 1 heterocycles. The summed E-state index contributed by atoms with van der Waals surface area (Å²) in [6, 6.07) is 8.01. The van der Waals surface area contributed by atoms with Crippen molar-refractivity contribution < 1.29 is 13.9 Å². The number of benzene rings is 1. The maximum absolute atomic E-state index is 13.8. The zero-order chi connectivity index (χ0) is 15.2. The van der Waals surface area contributed by atoms with Gasteiger partial charge in [0.2, 0.25) is 5.95 Å². The van der Waals surface area contributed by atoms with E-state index in [-0.39, 0.29) is 11.8 Å². The Labute approximate surface area is 121 Å². The second kappa shape index (κ2) is 6.65. The number of aromatic nitrogens is 2. The molecule has 0 spiro atoms. The molecule has 1 unspecified atom stereocenters. The van der Waals surface area contributed by atoms with E-state index in [0.717, 1.165) is 6.20 Å². The third-order valence-corrected chi connectivity index (χ3v) is 2.82. The first-order valence-electron chi connectivity index (χ1n) is 6.25. The molecule has 2 aromatic rings. The minimum absolute atomic E-state index is 0.0754. The zero-order valence-corrected chi connectivity index (χ0v) is 11.6. The van der Waals surface area contributed by atoms with E-state index in [1.807, 2.05) is 6.07 Å². The van der Waals surface area contributed by atoms with Gasteiger partial charge in [-0.25, -0.2) is 14.2 Å². The quantitative estimate of drug-likeness (QED) is 0.820. The Morgan fingerprint density at radius 3 is 2.67 bits per heavy atom. The predicted molar refractivity (Wildman–Crippen MR) is 76.4 cm³/mol. The van der Waals surface area contributed by atoms with Crippen LogP contribution in [0.1, 0.15) is 11.6 Å². The van der Waals surface area contributed by atoms with E-state index in [9.17, 15) is 9.18 Å². The fraction of sp³-hybridized carbons (Fsp3) is 0.214. The highest BCUT2D eigenvalue weighted by molar-refractivity contribution is 5.80. The van der Waals surface area contributed by atoms with Crippen LogP contribution in [0.3, 0.4) is 0 Å². The number of rotatable bonds is 5. The molecule has 2 N–H and O–H groups in total. The van der Waals surface area contributed by atoms with Gasteiger partial charge in [-0.15, -0.1) is 0 Å². The fourth-order valence-corrected chi connectivity index (χ4v) is 1.77. The number of carbonyl (C=O) groups excluding carboxylic acids is 1. The number of nitrogens with zero attached hydrogens (tertiary/aromatic N) is 2. The maximum Gasteiger partial charge on any atom is 0.333 e. The normalized spacial score (nSPS) is 11.6. The fourth-order valence-electron chi connectivity index (χ4n) is 1.77. The molecule has 7 heteroatoms. The molecule has 1 atom stereocenters. The number of anilines is 2. The molecule has 0 amide bonds. The molecule has 1 aromatic heterocycles. The van der Waals surface area contributed by atoms with Crippen LogP contribution < -0.4 is 10.6 Å². The second-order valence-electron chi connectivity index (χ2n) is 4.15. The van der Waals surface area contributed by atoms with Gasteiger partial charge in [0.15, 0.2) is 17.7 Å². The van der Waals surface area contributed by atoms with Crippen molar-refractivity contribution in [3.05, 3.63) is 47.9 Å². The molecule has 0 fully saturated rings. The van der Waals surface area contributed by atoms with Gasteiger partial charge in [0.25, 0.3) is 0 Å². The van der Waals surface area contributed by atoms with Gasteiger partial charge in [0.05, 0.1) is 13.3 Å². The topological polar surface area (TPSA) is 76.1 Å². The van der Waals surface area contributed by atoms with Gasteiger partial charge in [0, 0.05) is 7.05 Å². The third-order valence-electron chi connectivity index (χ3n) is 2.82. The molecule has 0 saturated heterocycles. The molecule has 0 saturated carbocycles. The Kier molecular flexibility index (Phi) is 4.65. The van der Waals surface area contributed by atoms with Crippen LogP contribution in [0.2, 0.25) is 0 Å². The number of nitrogens with one attached hydrogen (secondary N) is 2. The summed E-state index contributed by atoms with van der Waals surface area (Å²) in [4.78, 5) is 19.6. The number of hydrogen-bond donors (Lipinski definition) is 2. The highest BCUT2D eigenvalue weighted by atomic mass is 19.1. The summed E-state index contributed by atoms with van der Waals surface area (Å²) in [5, 5.41) is 5.45. The molecule has 1 aromatic carbocycles. The molecule has 6 nitrogen and oxygen atoms in total. The van der Waals surface area contributed by atoms with Crippen molar-refractivity contribution in [3.63, 3.8) is 0 Å². The van der Waals surface area contributed by atoms with Crippen LogP contribution >= 0.6 is 0 Å². The standard InChI is InChI=1S/C14H15FN4O2/c1-16-14-17-8-10(15)12(19-14)18-11(13(20)21-2)9-6-4-3-5-7-9/h3-8,11H,1-2H3,(H2,16,17,18,19). The van der Waals surface area contributed by atoms with Crippen molar-refractivity contribution in [2.45, 2.75) is 6.04 Å². The molecular formula is C14H15FN4O2. The van der Waals surface area contributed by atoms with Crippen LogP contribution in [0.15, 0.2) is 36.5 Å². The number of carbonyl (C=O) groups is 1. The smallest absolute Gasteiger partial charge is 0.333 e. The Hall–Kier alpha value is -2.70. The highest BCUT2D eigenvalue weighted by Crippen LogP contribution is 2.22. The largest absolute Gasteiger partial charge is 0.467 e. The van der Waals surface area contributed by atoms with Gasteiger partial charge in [-0.1, -0.05) is 30.3 Å². The molecule has 0 aliphatic heterocycles. The van der Waals surface area contributed by atoms with Crippen LogP contribution in [-0.4, -0.2) is 30.1 Å². The number of hydrogen-bond acceptors (Lipinski definition) is 6. The van der Waals surface area contributed by atoms with Crippen LogP contribution in [-0.2, 0) is 9.53 Å². The first kappa shape index (κ1) is 14.7. The second-order valence-corrected chi connectivity index (χ2v) is 4.15. The summed E-state index contributed by atoms with van der Waals surface area (Å²) in [6.07, 6.45) is 1.03. The van der Waals surface area contributed by atoms with Gasteiger partial charge in [-0.05, 0) is 5.56 Å². The number of methoxy groups -OCH3 is 1. The van der Waals surface area contributed by atoms with Gasteiger partial charge >= 0.3 is 5.97 Å². The zero-order valence-electron chi connectivity index (χ0n) is 11.6. The molecule has 2 rings (SSSR count). The van der Waals surface area contributed by atoms with Gasteiger partial charge in [0.1, 0.15) is 0 Å². The van der Waals surface area contributed by atoms with Crippen molar-refractivity contribution >= 4 is 17.7 Å². The molecule has 21 heavy (non-hydrogen) atoms. The van der Waals surface area contributed by atoms with Gasteiger partial charge < -0.3 is 15.4 Å². The molecule has 0 radical (unpaired) electrons. The lowest BCUT2D eigenvalue weighted by Gasteiger charge is -2.18. The monoisotopic (exact) mass is 290 g/mol. The molecule has 0 bridgehead atoms. The van der Waals surface area contributed by atoms with Crippen LogP contribution in [0.25, 0.3) is 0 Å². The Morgan fingerprint density at radius 2 is 2.05 bits per heavy atom. The number of ether oxygens (including phenoxy) is 1. The highest BCUT2D eigenvalue weighted by Gasteiger charge is 2.23.